The fourth-order valence-corrected chi connectivity index (χ4v) is 2.56. The van der Waals surface area contributed by atoms with Gasteiger partial charge in [-0.3, -0.25) is 4.79 Å². The third kappa shape index (κ3) is 7.25. The van der Waals surface area contributed by atoms with Crippen molar-refractivity contribution in [1.82, 2.24) is 5.01 Å². The van der Waals surface area contributed by atoms with Gasteiger partial charge in [-0.15, -0.1) is 0 Å². The Bertz CT molecular complexity index is 635. The number of hydrogen-bond donors (Lipinski definition) is 0. The van der Waals surface area contributed by atoms with Crippen LogP contribution in [0.2, 0.25) is 0 Å². The quantitative estimate of drug-likeness (QED) is 0.0940. The lowest BCUT2D eigenvalue weighted by atomic mass is 10.1. The van der Waals surface area contributed by atoms with Crippen molar-refractivity contribution in [2.45, 2.75) is 46.4 Å². The molecule has 7 heteroatoms. The summed E-state index contributed by atoms with van der Waals surface area (Å²) in [5, 5.41) is 5.35. The van der Waals surface area contributed by atoms with Crippen molar-refractivity contribution in [3.8, 4) is 0 Å². The van der Waals surface area contributed by atoms with Gasteiger partial charge in [0.2, 0.25) is 5.76 Å². The van der Waals surface area contributed by atoms with Crippen molar-refractivity contribution in [2.24, 2.45) is 5.10 Å². The second-order valence-corrected chi connectivity index (χ2v) is 8.28. The number of carbonyl (C=O) groups is 1. The molecule has 1 aromatic rings. The molecule has 0 aliphatic carbocycles. The van der Waals surface area contributed by atoms with Gasteiger partial charge in [-0.1, -0.05) is 58.5 Å². The van der Waals surface area contributed by atoms with Crippen molar-refractivity contribution in [3.05, 3.63) is 46.2 Å². The summed E-state index contributed by atoms with van der Waals surface area (Å²) in [7, 11) is 0. The number of amides is 1. The summed E-state index contributed by atoms with van der Waals surface area (Å²) in [5.74, 6) is -0.340. The van der Waals surface area contributed by atoms with Gasteiger partial charge in [-0.05, 0) is 38.8 Å². The molecule has 0 radical (unpaired) electrons. The molecule has 0 aliphatic heterocycles. The standard InChI is InChI=1S/C19H26ClIN2O3/c1-14(20)17(18(24)23(22-5)19(2,3)4)26-13-16-8-6-15(7-9-16)12-25-11-10-21/h6-9H,5,10-13H2,1-4H3/b17-14-. The van der Waals surface area contributed by atoms with Crippen LogP contribution < -0.4 is 0 Å². The van der Waals surface area contributed by atoms with E-state index in [0.29, 0.717) is 6.61 Å². The molecule has 0 fully saturated rings. The molecule has 0 aromatic heterocycles. The highest BCUT2D eigenvalue weighted by molar-refractivity contribution is 14.1. The maximum absolute atomic E-state index is 12.7. The van der Waals surface area contributed by atoms with E-state index >= 15 is 0 Å². The average Bonchev–Trinajstić information content (AvgIpc) is 2.55. The minimum atomic E-state index is -0.528. The van der Waals surface area contributed by atoms with Gasteiger partial charge in [0.25, 0.3) is 0 Å². The fourth-order valence-electron chi connectivity index (χ4n) is 2.12. The van der Waals surface area contributed by atoms with Gasteiger partial charge in [0.1, 0.15) is 6.61 Å². The molecule has 0 saturated heterocycles. The molecular weight excluding hydrogens is 467 g/mol. The van der Waals surface area contributed by atoms with Crippen molar-refractivity contribution >= 4 is 46.8 Å². The SMILES string of the molecule is C=NN(C(=O)/C(OCc1ccc(COCCI)cc1)=C(\C)Cl)C(C)(C)C. The second-order valence-electron chi connectivity index (χ2n) is 6.64. The van der Waals surface area contributed by atoms with Crippen LogP contribution in [0.4, 0.5) is 0 Å². The van der Waals surface area contributed by atoms with Crippen LogP contribution in [0, 0.1) is 0 Å². The van der Waals surface area contributed by atoms with Crippen LogP contribution in [0.3, 0.4) is 0 Å². The number of nitrogens with zero attached hydrogens (tertiary/aromatic N) is 2. The van der Waals surface area contributed by atoms with E-state index in [-0.39, 0.29) is 17.4 Å². The maximum atomic E-state index is 12.7. The Labute approximate surface area is 174 Å². The highest BCUT2D eigenvalue weighted by Crippen LogP contribution is 2.22. The summed E-state index contributed by atoms with van der Waals surface area (Å²) in [5.41, 5.74) is 1.49. The minimum absolute atomic E-state index is 0.0726. The van der Waals surface area contributed by atoms with E-state index in [4.69, 9.17) is 21.1 Å². The third-order valence-corrected chi connectivity index (χ3v) is 3.98. The topological polar surface area (TPSA) is 51.1 Å². The Morgan fingerprint density at radius 2 is 1.77 bits per heavy atom. The molecule has 1 rings (SSSR count). The number of allylic oxidation sites excluding steroid dienone is 1. The average molecular weight is 493 g/mol. The van der Waals surface area contributed by atoms with Crippen molar-refractivity contribution in [2.75, 3.05) is 11.0 Å². The van der Waals surface area contributed by atoms with E-state index in [1.165, 1.54) is 5.01 Å². The summed E-state index contributed by atoms with van der Waals surface area (Å²) in [6.07, 6.45) is 0. The largest absolute Gasteiger partial charge is 0.482 e. The van der Waals surface area contributed by atoms with Gasteiger partial charge in [-0.2, -0.15) is 5.10 Å². The van der Waals surface area contributed by atoms with E-state index < -0.39 is 11.4 Å². The van der Waals surface area contributed by atoms with Gasteiger partial charge in [-0.25, -0.2) is 5.01 Å². The van der Waals surface area contributed by atoms with Gasteiger partial charge < -0.3 is 9.47 Å². The lowest BCUT2D eigenvalue weighted by Crippen LogP contribution is -2.42. The molecule has 0 spiro atoms. The molecule has 0 heterocycles. The molecule has 0 N–H and O–H groups in total. The predicted octanol–water partition coefficient (Wildman–Crippen LogP) is 4.87. The van der Waals surface area contributed by atoms with Gasteiger partial charge in [0, 0.05) is 11.1 Å². The van der Waals surface area contributed by atoms with Crippen LogP contribution in [0.1, 0.15) is 38.8 Å². The molecule has 26 heavy (non-hydrogen) atoms. The molecule has 144 valence electrons. The molecule has 0 atom stereocenters. The first-order chi connectivity index (χ1) is 12.2. The number of benzene rings is 1. The van der Waals surface area contributed by atoms with E-state index in [1.54, 1.807) is 6.92 Å². The van der Waals surface area contributed by atoms with Crippen LogP contribution in [0.25, 0.3) is 0 Å². The number of carbonyl (C=O) groups excluding carboxylic acids is 1. The van der Waals surface area contributed by atoms with Crippen LogP contribution in [0.15, 0.2) is 40.2 Å². The molecule has 0 aliphatic rings. The molecule has 0 unspecified atom stereocenters. The van der Waals surface area contributed by atoms with E-state index in [1.807, 2.05) is 45.0 Å². The summed E-state index contributed by atoms with van der Waals surface area (Å²) >= 11 is 8.36. The molecule has 0 saturated carbocycles. The second kappa shape index (κ2) is 10.9. The number of ether oxygens (including phenoxy) is 2. The van der Waals surface area contributed by atoms with E-state index in [9.17, 15) is 4.79 Å². The van der Waals surface area contributed by atoms with E-state index in [0.717, 1.165) is 22.2 Å². The highest BCUT2D eigenvalue weighted by Gasteiger charge is 2.30. The number of hydrogen-bond acceptors (Lipinski definition) is 4. The zero-order valence-electron chi connectivity index (χ0n) is 15.7. The summed E-state index contributed by atoms with van der Waals surface area (Å²) in [6.45, 7) is 12.2. The van der Waals surface area contributed by atoms with E-state index in [2.05, 4.69) is 34.4 Å². The summed E-state index contributed by atoms with van der Waals surface area (Å²) in [6, 6.07) is 7.86. The minimum Gasteiger partial charge on any atom is -0.482 e. The Hall–Kier alpha value is -1.12. The fraction of sp³-hybridized carbons (Fsp3) is 0.474. The number of hydrazone groups is 1. The number of rotatable bonds is 9. The van der Waals surface area contributed by atoms with Crippen molar-refractivity contribution in [1.29, 1.82) is 0 Å². The van der Waals surface area contributed by atoms with Gasteiger partial charge in [0.15, 0.2) is 0 Å². The lowest BCUT2D eigenvalue weighted by molar-refractivity contribution is -0.135. The predicted molar refractivity (Wildman–Crippen MR) is 114 cm³/mol. The Balaban J connectivity index is 2.77. The van der Waals surface area contributed by atoms with Crippen LogP contribution in [0.5, 0.6) is 0 Å². The van der Waals surface area contributed by atoms with Gasteiger partial charge in [0.05, 0.1) is 23.8 Å². The van der Waals surface area contributed by atoms with Gasteiger partial charge >= 0.3 is 5.91 Å². The number of alkyl halides is 1. The molecule has 0 bridgehead atoms. The number of halogens is 2. The normalized spacial score (nSPS) is 12.4. The summed E-state index contributed by atoms with van der Waals surface area (Å²) in [4.78, 5) is 12.7. The molecule has 1 amide bonds. The first kappa shape index (κ1) is 22.9. The van der Waals surface area contributed by atoms with Crippen LogP contribution in [-0.4, -0.2) is 34.2 Å². The Morgan fingerprint density at radius 3 is 2.19 bits per heavy atom. The third-order valence-electron chi connectivity index (χ3n) is 3.37. The maximum Gasteiger partial charge on any atom is 0.310 e. The van der Waals surface area contributed by atoms with Crippen LogP contribution in [-0.2, 0) is 27.5 Å². The highest BCUT2D eigenvalue weighted by atomic mass is 127. The first-order valence-corrected chi connectivity index (χ1v) is 10.1. The zero-order chi connectivity index (χ0) is 19.7. The van der Waals surface area contributed by atoms with Crippen molar-refractivity contribution in [3.63, 3.8) is 0 Å². The molecule has 1 aromatic carbocycles. The molecule has 5 nitrogen and oxygen atoms in total. The monoisotopic (exact) mass is 492 g/mol. The smallest absolute Gasteiger partial charge is 0.310 e. The van der Waals surface area contributed by atoms with Crippen molar-refractivity contribution < 1.29 is 14.3 Å². The summed E-state index contributed by atoms with van der Waals surface area (Å²) < 4.78 is 12.2. The lowest BCUT2D eigenvalue weighted by Gasteiger charge is -2.31. The zero-order valence-corrected chi connectivity index (χ0v) is 18.6. The Morgan fingerprint density at radius 1 is 1.23 bits per heavy atom. The molecular formula is C19H26ClIN2O3. The first-order valence-electron chi connectivity index (χ1n) is 8.22. The van der Waals surface area contributed by atoms with Crippen LogP contribution >= 0.6 is 34.2 Å². The Kier molecular flexibility index (Phi) is 9.60.